The van der Waals surface area contributed by atoms with E-state index in [-0.39, 0.29) is 12.5 Å². The zero-order chi connectivity index (χ0) is 17.5. The number of ether oxygens (including phenoxy) is 1. The molecule has 1 aliphatic rings. The highest BCUT2D eigenvalue weighted by Gasteiger charge is 2.19. The SMILES string of the molecule is O=C(COc1ccc(Cl)cc1)NN=C1CCC(c2ccccc2)CC1. The van der Waals surface area contributed by atoms with Crippen molar-refractivity contribution < 1.29 is 9.53 Å². The highest BCUT2D eigenvalue weighted by Crippen LogP contribution is 2.31. The molecule has 1 fully saturated rings. The van der Waals surface area contributed by atoms with Crippen molar-refractivity contribution in [1.29, 1.82) is 0 Å². The quantitative estimate of drug-likeness (QED) is 0.799. The van der Waals surface area contributed by atoms with Crippen LogP contribution in [-0.2, 0) is 4.79 Å². The molecule has 0 saturated heterocycles. The lowest BCUT2D eigenvalue weighted by molar-refractivity contribution is -0.123. The second-order valence-corrected chi connectivity index (χ2v) is 6.58. The van der Waals surface area contributed by atoms with Gasteiger partial charge in [-0.25, -0.2) is 5.43 Å². The van der Waals surface area contributed by atoms with Gasteiger partial charge in [-0.15, -0.1) is 0 Å². The number of hydrogen-bond acceptors (Lipinski definition) is 3. The molecular weight excluding hydrogens is 336 g/mol. The van der Waals surface area contributed by atoms with Gasteiger partial charge in [-0.3, -0.25) is 4.79 Å². The highest BCUT2D eigenvalue weighted by molar-refractivity contribution is 6.30. The molecule has 0 unspecified atom stereocenters. The van der Waals surface area contributed by atoms with Crippen LogP contribution in [0.1, 0.15) is 37.2 Å². The van der Waals surface area contributed by atoms with Crippen LogP contribution < -0.4 is 10.2 Å². The Morgan fingerprint density at radius 1 is 1.08 bits per heavy atom. The number of nitrogens with one attached hydrogen (secondary N) is 1. The van der Waals surface area contributed by atoms with E-state index in [9.17, 15) is 4.79 Å². The third kappa shape index (κ3) is 5.33. The summed E-state index contributed by atoms with van der Waals surface area (Å²) in [5, 5.41) is 4.89. The maximum atomic E-state index is 11.8. The molecule has 0 atom stereocenters. The van der Waals surface area contributed by atoms with Crippen LogP contribution in [0.15, 0.2) is 59.7 Å². The van der Waals surface area contributed by atoms with Crippen molar-refractivity contribution in [2.75, 3.05) is 6.61 Å². The maximum Gasteiger partial charge on any atom is 0.277 e. The molecule has 0 spiro atoms. The summed E-state index contributed by atoms with van der Waals surface area (Å²) in [6.07, 6.45) is 3.97. The fourth-order valence-corrected chi connectivity index (χ4v) is 3.10. The summed E-state index contributed by atoms with van der Waals surface area (Å²) in [7, 11) is 0. The monoisotopic (exact) mass is 356 g/mol. The summed E-state index contributed by atoms with van der Waals surface area (Å²) in [5.74, 6) is 0.937. The first kappa shape index (κ1) is 17.5. The van der Waals surface area contributed by atoms with Crippen molar-refractivity contribution in [2.24, 2.45) is 5.10 Å². The van der Waals surface area contributed by atoms with E-state index in [1.54, 1.807) is 24.3 Å². The topological polar surface area (TPSA) is 50.7 Å². The number of hydrazone groups is 1. The molecule has 1 aliphatic carbocycles. The van der Waals surface area contributed by atoms with Crippen LogP contribution in [0.2, 0.25) is 5.02 Å². The fraction of sp³-hybridized carbons (Fsp3) is 0.300. The van der Waals surface area contributed by atoms with Crippen LogP contribution in [0, 0.1) is 0 Å². The fourth-order valence-electron chi connectivity index (χ4n) is 2.97. The number of nitrogens with zero attached hydrogens (tertiary/aromatic N) is 1. The van der Waals surface area contributed by atoms with Crippen LogP contribution in [0.25, 0.3) is 0 Å². The zero-order valence-electron chi connectivity index (χ0n) is 14.0. The van der Waals surface area contributed by atoms with Crippen molar-refractivity contribution in [2.45, 2.75) is 31.6 Å². The Morgan fingerprint density at radius 3 is 2.44 bits per heavy atom. The highest BCUT2D eigenvalue weighted by atomic mass is 35.5. The van der Waals surface area contributed by atoms with Crippen molar-refractivity contribution in [1.82, 2.24) is 5.43 Å². The second kappa shape index (κ2) is 8.67. The van der Waals surface area contributed by atoms with E-state index in [2.05, 4.69) is 34.8 Å². The van der Waals surface area contributed by atoms with Gasteiger partial charge in [-0.2, -0.15) is 5.10 Å². The molecule has 1 saturated carbocycles. The average molecular weight is 357 g/mol. The molecule has 0 bridgehead atoms. The summed E-state index contributed by atoms with van der Waals surface area (Å²) in [4.78, 5) is 11.8. The third-order valence-electron chi connectivity index (χ3n) is 4.36. The predicted octanol–water partition coefficient (Wildman–Crippen LogP) is 4.55. The Labute approximate surface area is 152 Å². The first-order chi connectivity index (χ1) is 12.2. The van der Waals surface area contributed by atoms with Crippen LogP contribution in [0.3, 0.4) is 0 Å². The number of carbonyl (C=O) groups excluding carboxylic acids is 1. The predicted molar refractivity (Wildman–Crippen MR) is 100 cm³/mol. The van der Waals surface area contributed by atoms with Gasteiger partial charge in [0.25, 0.3) is 5.91 Å². The molecule has 25 heavy (non-hydrogen) atoms. The second-order valence-electron chi connectivity index (χ2n) is 6.14. The summed E-state index contributed by atoms with van der Waals surface area (Å²) in [6, 6.07) is 17.5. The first-order valence-electron chi connectivity index (χ1n) is 8.48. The van der Waals surface area contributed by atoms with Crippen molar-refractivity contribution >= 4 is 23.2 Å². The molecule has 130 valence electrons. The standard InChI is InChI=1S/C20H21ClN2O2/c21-17-8-12-19(13-9-17)25-14-20(24)23-22-18-10-6-16(7-11-18)15-4-2-1-3-5-15/h1-5,8-9,12-13,16H,6-7,10-11,14H2,(H,23,24). The minimum atomic E-state index is -0.257. The van der Waals surface area contributed by atoms with Gasteiger partial charge in [-0.1, -0.05) is 41.9 Å². The van der Waals surface area contributed by atoms with Gasteiger partial charge in [-0.05, 0) is 61.4 Å². The molecule has 1 N–H and O–H groups in total. The summed E-state index contributed by atoms with van der Waals surface area (Å²) < 4.78 is 5.40. The number of hydrogen-bond donors (Lipinski definition) is 1. The largest absolute Gasteiger partial charge is 0.484 e. The molecular formula is C20H21ClN2O2. The van der Waals surface area contributed by atoms with Gasteiger partial charge in [0.2, 0.25) is 0 Å². The Morgan fingerprint density at radius 2 is 1.76 bits per heavy atom. The van der Waals surface area contributed by atoms with Crippen LogP contribution in [0.4, 0.5) is 0 Å². The van der Waals surface area contributed by atoms with Gasteiger partial charge in [0.05, 0.1) is 0 Å². The minimum Gasteiger partial charge on any atom is -0.484 e. The van der Waals surface area contributed by atoms with Crippen molar-refractivity contribution in [3.05, 3.63) is 65.2 Å². The third-order valence-corrected chi connectivity index (χ3v) is 4.61. The van der Waals surface area contributed by atoms with E-state index >= 15 is 0 Å². The van der Waals surface area contributed by atoms with E-state index < -0.39 is 0 Å². The molecule has 2 aromatic carbocycles. The summed E-state index contributed by atoms with van der Waals surface area (Å²) in [6.45, 7) is -0.0644. The van der Waals surface area contributed by atoms with E-state index in [4.69, 9.17) is 16.3 Å². The van der Waals surface area contributed by atoms with Gasteiger partial charge in [0.15, 0.2) is 6.61 Å². The molecule has 0 heterocycles. The van der Waals surface area contributed by atoms with Crippen LogP contribution >= 0.6 is 11.6 Å². The number of benzene rings is 2. The van der Waals surface area contributed by atoms with E-state index in [1.165, 1.54) is 5.56 Å². The number of amides is 1. The molecule has 0 aliphatic heterocycles. The summed E-state index contributed by atoms with van der Waals surface area (Å²) in [5.41, 5.74) is 5.03. The molecule has 3 rings (SSSR count). The van der Waals surface area contributed by atoms with E-state index in [1.807, 2.05) is 6.07 Å². The minimum absolute atomic E-state index is 0.0644. The maximum absolute atomic E-state index is 11.8. The van der Waals surface area contributed by atoms with Crippen LogP contribution in [-0.4, -0.2) is 18.2 Å². The normalized spacial score (nSPS) is 17.0. The first-order valence-corrected chi connectivity index (χ1v) is 8.86. The average Bonchev–Trinajstić information content (AvgIpc) is 2.67. The molecule has 2 aromatic rings. The lowest BCUT2D eigenvalue weighted by Crippen LogP contribution is -2.26. The lowest BCUT2D eigenvalue weighted by atomic mass is 9.83. The number of carbonyl (C=O) groups is 1. The molecule has 4 nitrogen and oxygen atoms in total. The Hall–Kier alpha value is -2.33. The smallest absolute Gasteiger partial charge is 0.277 e. The van der Waals surface area contributed by atoms with Gasteiger partial charge in [0, 0.05) is 10.7 Å². The molecule has 0 radical (unpaired) electrons. The lowest BCUT2D eigenvalue weighted by Gasteiger charge is -2.23. The van der Waals surface area contributed by atoms with E-state index in [0.29, 0.717) is 16.7 Å². The number of rotatable bonds is 5. The van der Waals surface area contributed by atoms with Gasteiger partial charge < -0.3 is 4.74 Å². The van der Waals surface area contributed by atoms with E-state index in [0.717, 1.165) is 31.4 Å². The Bertz CT molecular complexity index is 719. The van der Waals surface area contributed by atoms with Crippen molar-refractivity contribution in [3.63, 3.8) is 0 Å². The van der Waals surface area contributed by atoms with Crippen molar-refractivity contribution in [3.8, 4) is 5.75 Å². The summed E-state index contributed by atoms with van der Waals surface area (Å²) >= 11 is 5.81. The Kier molecular flexibility index (Phi) is 6.07. The van der Waals surface area contributed by atoms with Crippen LogP contribution in [0.5, 0.6) is 5.75 Å². The molecule has 5 heteroatoms. The number of halogens is 1. The molecule has 0 aromatic heterocycles. The van der Waals surface area contributed by atoms with Gasteiger partial charge >= 0.3 is 0 Å². The molecule has 1 amide bonds. The zero-order valence-corrected chi connectivity index (χ0v) is 14.7. The Balaban J connectivity index is 1.42. The van der Waals surface area contributed by atoms with Gasteiger partial charge in [0.1, 0.15) is 5.75 Å².